The van der Waals surface area contributed by atoms with Crippen LogP contribution in [0.25, 0.3) is 5.69 Å². The number of piperazine rings is 1. The molecule has 2 aliphatic rings. The lowest BCUT2D eigenvalue weighted by molar-refractivity contribution is -0.138. The van der Waals surface area contributed by atoms with E-state index in [1.54, 1.807) is 60.3 Å². The van der Waals surface area contributed by atoms with Crippen molar-refractivity contribution in [2.24, 2.45) is 0 Å². The SMILES string of the molecule is CC(C)(C)OC(=O)NC(C)(C)C(=O)N1CCN(C(=O)Nc2ccn(-c3ccc(CN(C(=O)O)[C@H]4CC[C@H](NC(=O)OC(C)(C)C)CC4)c(F)c3)c(=O)n2)CC1. The molecule has 1 aliphatic carbocycles. The summed E-state index contributed by atoms with van der Waals surface area (Å²) in [6.45, 7) is 14.2. The second-order valence-electron chi connectivity index (χ2n) is 16.3. The van der Waals surface area contributed by atoms with E-state index in [1.165, 1.54) is 34.2 Å². The summed E-state index contributed by atoms with van der Waals surface area (Å²) in [4.78, 5) is 83.8. The zero-order valence-electron chi connectivity index (χ0n) is 32.7. The molecule has 6 amide bonds. The highest BCUT2D eigenvalue weighted by Crippen LogP contribution is 2.26. The highest BCUT2D eigenvalue weighted by molar-refractivity contribution is 5.90. The number of aromatic nitrogens is 2. The van der Waals surface area contributed by atoms with Gasteiger partial charge in [0.15, 0.2) is 0 Å². The van der Waals surface area contributed by atoms with Gasteiger partial charge < -0.3 is 39.9 Å². The number of anilines is 1. The second kappa shape index (κ2) is 16.9. The Morgan fingerprint density at radius 3 is 2.00 bits per heavy atom. The van der Waals surface area contributed by atoms with E-state index in [4.69, 9.17) is 9.47 Å². The van der Waals surface area contributed by atoms with Crippen LogP contribution in [0, 0.1) is 5.82 Å². The summed E-state index contributed by atoms with van der Waals surface area (Å²) in [5.74, 6) is -1.08. The number of carbonyl (C=O) groups is 5. The number of carbonyl (C=O) groups excluding carboxylic acids is 4. The second-order valence-corrected chi connectivity index (χ2v) is 16.3. The molecule has 2 aromatic rings. The summed E-state index contributed by atoms with van der Waals surface area (Å²) in [6, 6.07) is 4.32. The number of carboxylic acid groups (broad SMARTS) is 1. The minimum absolute atomic E-state index is 0.0299. The van der Waals surface area contributed by atoms with E-state index in [-0.39, 0.29) is 67.8 Å². The summed E-state index contributed by atoms with van der Waals surface area (Å²) >= 11 is 0. The molecule has 1 aromatic heterocycles. The maximum absolute atomic E-state index is 15.4. The van der Waals surface area contributed by atoms with Crippen molar-refractivity contribution in [1.82, 2.24) is 34.9 Å². The first-order chi connectivity index (χ1) is 25.5. The number of urea groups is 1. The Kier molecular flexibility index (Phi) is 13.0. The number of ether oxygens (including phenoxy) is 2. The van der Waals surface area contributed by atoms with Gasteiger partial charge in [-0.25, -0.2) is 28.4 Å². The zero-order valence-corrected chi connectivity index (χ0v) is 32.7. The number of amides is 6. The Morgan fingerprint density at radius 1 is 0.873 bits per heavy atom. The summed E-state index contributed by atoms with van der Waals surface area (Å²) in [7, 11) is 0. The van der Waals surface area contributed by atoms with Crippen molar-refractivity contribution in [3.63, 3.8) is 0 Å². The lowest BCUT2D eigenvalue weighted by Crippen LogP contribution is -2.60. The Hall–Kier alpha value is -5.42. The first kappa shape index (κ1) is 42.3. The van der Waals surface area contributed by atoms with Gasteiger partial charge in [0, 0.05) is 50.0 Å². The van der Waals surface area contributed by atoms with E-state index >= 15 is 4.39 Å². The van der Waals surface area contributed by atoms with Crippen LogP contribution < -0.4 is 21.6 Å². The predicted molar refractivity (Wildman–Crippen MR) is 199 cm³/mol. The van der Waals surface area contributed by atoms with E-state index in [0.29, 0.717) is 25.7 Å². The molecule has 55 heavy (non-hydrogen) atoms. The van der Waals surface area contributed by atoms with E-state index in [9.17, 15) is 33.9 Å². The molecule has 0 spiro atoms. The van der Waals surface area contributed by atoms with Crippen LogP contribution in [-0.2, 0) is 20.8 Å². The molecule has 18 heteroatoms. The van der Waals surface area contributed by atoms with Crippen molar-refractivity contribution in [3.05, 3.63) is 52.3 Å². The minimum atomic E-state index is -1.24. The van der Waals surface area contributed by atoms with Gasteiger partial charge in [-0.15, -0.1) is 0 Å². The monoisotopic (exact) mass is 772 g/mol. The third-order valence-electron chi connectivity index (χ3n) is 9.00. The molecule has 1 aliphatic heterocycles. The van der Waals surface area contributed by atoms with E-state index in [2.05, 4.69) is 20.9 Å². The summed E-state index contributed by atoms with van der Waals surface area (Å²) < 4.78 is 27.1. The number of halogens is 1. The van der Waals surface area contributed by atoms with Crippen LogP contribution in [-0.4, -0.2) is 115 Å². The van der Waals surface area contributed by atoms with Crippen molar-refractivity contribution in [2.75, 3.05) is 31.5 Å². The number of nitrogens with zero attached hydrogens (tertiary/aromatic N) is 5. The molecular formula is C37H53FN8O9. The first-order valence-corrected chi connectivity index (χ1v) is 18.3. The largest absolute Gasteiger partial charge is 0.465 e. The number of rotatable bonds is 8. The van der Waals surface area contributed by atoms with Gasteiger partial charge in [-0.3, -0.25) is 14.7 Å². The highest BCUT2D eigenvalue weighted by Gasteiger charge is 2.37. The number of alkyl carbamates (subject to hydrolysis) is 2. The van der Waals surface area contributed by atoms with E-state index in [0.717, 1.165) is 10.6 Å². The minimum Gasteiger partial charge on any atom is -0.465 e. The normalized spacial score (nSPS) is 17.8. The van der Waals surface area contributed by atoms with Crippen molar-refractivity contribution < 1.29 is 42.9 Å². The Morgan fingerprint density at radius 2 is 1.45 bits per heavy atom. The number of nitrogens with one attached hydrogen (secondary N) is 3. The van der Waals surface area contributed by atoms with Gasteiger partial charge in [-0.05, 0) is 99.3 Å². The molecule has 0 unspecified atom stereocenters. The maximum Gasteiger partial charge on any atom is 0.408 e. The molecule has 1 saturated carbocycles. The highest BCUT2D eigenvalue weighted by atomic mass is 19.1. The Bertz CT molecular complexity index is 1800. The summed E-state index contributed by atoms with van der Waals surface area (Å²) in [5, 5.41) is 18.0. The smallest absolute Gasteiger partial charge is 0.408 e. The van der Waals surface area contributed by atoms with Gasteiger partial charge in [-0.1, -0.05) is 6.07 Å². The van der Waals surface area contributed by atoms with Gasteiger partial charge >= 0.3 is 30.0 Å². The van der Waals surface area contributed by atoms with Crippen molar-refractivity contribution in [2.45, 2.75) is 116 Å². The molecule has 17 nitrogen and oxygen atoms in total. The number of hydrogen-bond donors (Lipinski definition) is 4. The molecule has 4 rings (SSSR count). The molecule has 4 N–H and O–H groups in total. The van der Waals surface area contributed by atoms with Crippen LogP contribution in [0.4, 0.5) is 29.4 Å². The lowest BCUT2D eigenvalue weighted by Gasteiger charge is -2.38. The molecule has 1 aromatic carbocycles. The third-order valence-corrected chi connectivity index (χ3v) is 9.00. The fourth-order valence-corrected chi connectivity index (χ4v) is 6.33. The van der Waals surface area contributed by atoms with Crippen LogP contribution in [0.2, 0.25) is 0 Å². The quantitative estimate of drug-likeness (QED) is 0.292. The van der Waals surface area contributed by atoms with Gasteiger partial charge in [0.1, 0.15) is 28.4 Å². The summed E-state index contributed by atoms with van der Waals surface area (Å²) in [6.07, 6.45) is 0.910. The van der Waals surface area contributed by atoms with Gasteiger partial charge in [0.2, 0.25) is 5.91 Å². The molecule has 0 atom stereocenters. The molecule has 2 heterocycles. The lowest BCUT2D eigenvalue weighted by atomic mass is 9.90. The van der Waals surface area contributed by atoms with Crippen LogP contribution in [0.15, 0.2) is 35.3 Å². The molecule has 2 fully saturated rings. The maximum atomic E-state index is 15.4. The Labute approximate surface area is 319 Å². The van der Waals surface area contributed by atoms with Crippen molar-refractivity contribution in [3.8, 4) is 5.69 Å². The average molecular weight is 773 g/mol. The van der Waals surface area contributed by atoms with Crippen LogP contribution >= 0.6 is 0 Å². The third kappa shape index (κ3) is 12.0. The summed E-state index contributed by atoms with van der Waals surface area (Å²) in [5.41, 5.74) is -3.13. The number of benzene rings is 1. The van der Waals surface area contributed by atoms with Gasteiger partial charge in [-0.2, -0.15) is 4.98 Å². The van der Waals surface area contributed by atoms with Gasteiger partial charge in [0.25, 0.3) is 0 Å². The predicted octanol–water partition coefficient (Wildman–Crippen LogP) is 4.67. The standard InChI is InChI=1S/C37H53FN8O9/c1-35(2,3)54-32(50)39-24-10-13-25(14-11-24)46(34(52)53)22-23-9-12-26(21-27(23)38)45-16-15-28(41-31(45)49)40-30(48)44-19-17-43(18-20-44)29(47)37(7,8)42-33(51)55-36(4,5)6/h9,12,15-16,21,24-25H,10-11,13-14,17-20,22H2,1-8H3,(H,39,50)(H,42,51)(H,52,53)(H,40,41,48,49)/t24-,25-. The number of hydrogen-bond acceptors (Lipinski definition) is 9. The van der Waals surface area contributed by atoms with Gasteiger partial charge in [0.05, 0.1) is 12.2 Å². The fraction of sp³-hybridized carbons (Fsp3) is 0.595. The molecular weight excluding hydrogens is 719 g/mol. The fourth-order valence-electron chi connectivity index (χ4n) is 6.33. The van der Waals surface area contributed by atoms with Crippen molar-refractivity contribution in [1.29, 1.82) is 0 Å². The first-order valence-electron chi connectivity index (χ1n) is 18.3. The Balaban J connectivity index is 1.31. The van der Waals surface area contributed by atoms with Crippen LogP contribution in [0.5, 0.6) is 0 Å². The van der Waals surface area contributed by atoms with E-state index in [1.807, 2.05) is 0 Å². The van der Waals surface area contributed by atoms with Crippen LogP contribution in [0.1, 0.15) is 86.6 Å². The molecule has 0 radical (unpaired) electrons. The topological polar surface area (TPSA) is 205 Å². The van der Waals surface area contributed by atoms with E-state index < -0.39 is 52.6 Å². The zero-order chi connectivity index (χ0) is 40.9. The molecule has 0 bridgehead atoms. The molecule has 302 valence electrons. The van der Waals surface area contributed by atoms with Crippen molar-refractivity contribution >= 4 is 36.0 Å². The average Bonchev–Trinajstić information content (AvgIpc) is 3.06. The molecule has 1 saturated heterocycles. The van der Waals surface area contributed by atoms with Crippen LogP contribution in [0.3, 0.4) is 0 Å².